The molecule has 80 valence electrons. The van der Waals surface area contributed by atoms with Crippen LogP contribution in [0, 0.1) is 0 Å². The molecule has 1 aliphatic rings. The first kappa shape index (κ1) is 9.97. The van der Waals surface area contributed by atoms with Crippen LogP contribution < -0.4 is 11.1 Å². The van der Waals surface area contributed by atoms with Gasteiger partial charge < -0.3 is 5.73 Å². The molecule has 1 amide bonds. The molecule has 0 bridgehead atoms. The predicted octanol–water partition coefficient (Wildman–Crippen LogP) is 0.0816. The summed E-state index contributed by atoms with van der Waals surface area (Å²) in [5, 5.41) is 9.83. The molecule has 0 unspecified atom stereocenters. The fourth-order valence-corrected chi connectivity index (χ4v) is 1.60. The van der Waals surface area contributed by atoms with Crippen LogP contribution in [-0.2, 0) is 4.79 Å². The summed E-state index contributed by atoms with van der Waals surface area (Å²) in [6.45, 7) is 0. The van der Waals surface area contributed by atoms with Gasteiger partial charge in [-0.15, -0.1) is 5.10 Å². The molecule has 6 heteroatoms. The van der Waals surface area contributed by atoms with E-state index in [9.17, 15) is 4.79 Å². The first-order valence-electron chi connectivity index (χ1n) is 4.90. The number of carbonyl (C=O) groups is 1. The van der Waals surface area contributed by atoms with Gasteiger partial charge in [-0.1, -0.05) is 0 Å². The summed E-state index contributed by atoms with van der Waals surface area (Å²) < 4.78 is 0. The van der Waals surface area contributed by atoms with E-state index in [-0.39, 0.29) is 17.4 Å². The van der Waals surface area contributed by atoms with Gasteiger partial charge in [-0.2, -0.15) is 5.10 Å². The lowest BCUT2D eigenvalue weighted by Crippen LogP contribution is -2.49. The van der Waals surface area contributed by atoms with Crippen molar-refractivity contribution in [1.29, 1.82) is 0 Å². The van der Waals surface area contributed by atoms with Crippen molar-refractivity contribution in [2.45, 2.75) is 31.2 Å². The van der Waals surface area contributed by atoms with Gasteiger partial charge in [-0.25, -0.2) is 4.98 Å². The highest BCUT2D eigenvalue weighted by molar-refractivity contribution is 5.89. The quantitative estimate of drug-likeness (QED) is 0.732. The molecular weight excluding hydrogens is 194 g/mol. The van der Waals surface area contributed by atoms with Gasteiger partial charge in [0.15, 0.2) is 0 Å². The van der Waals surface area contributed by atoms with Crippen LogP contribution in [0.15, 0.2) is 12.4 Å². The molecule has 0 radical (unpaired) electrons. The van der Waals surface area contributed by atoms with E-state index in [1.54, 1.807) is 0 Å². The zero-order valence-corrected chi connectivity index (χ0v) is 8.31. The van der Waals surface area contributed by atoms with E-state index in [2.05, 4.69) is 20.5 Å². The van der Waals surface area contributed by atoms with Crippen molar-refractivity contribution in [3.63, 3.8) is 0 Å². The predicted molar refractivity (Wildman–Crippen MR) is 53.8 cm³/mol. The summed E-state index contributed by atoms with van der Waals surface area (Å²) in [4.78, 5) is 15.4. The largest absolute Gasteiger partial charge is 0.325 e. The van der Waals surface area contributed by atoms with E-state index >= 15 is 0 Å². The fourth-order valence-electron chi connectivity index (χ4n) is 1.60. The molecule has 1 saturated carbocycles. The Bertz CT molecular complexity index is 349. The summed E-state index contributed by atoms with van der Waals surface area (Å²) in [7, 11) is 0. The maximum absolute atomic E-state index is 11.5. The summed E-state index contributed by atoms with van der Waals surface area (Å²) in [6.07, 6.45) is 6.18. The molecule has 0 aliphatic heterocycles. The molecule has 1 aliphatic carbocycles. The van der Waals surface area contributed by atoms with Gasteiger partial charge in [-0.05, 0) is 19.3 Å². The third kappa shape index (κ3) is 2.47. The highest BCUT2D eigenvalue weighted by Gasteiger charge is 2.34. The van der Waals surface area contributed by atoms with Crippen molar-refractivity contribution in [2.75, 3.05) is 5.32 Å². The minimum Gasteiger partial charge on any atom is -0.325 e. The Morgan fingerprint density at radius 3 is 2.87 bits per heavy atom. The molecule has 1 fully saturated rings. The highest BCUT2D eigenvalue weighted by atomic mass is 16.1. The second-order valence-corrected chi connectivity index (χ2v) is 3.91. The van der Waals surface area contributed by atoms with Gasteiger partial charge in [-0.3, -0.25) is 10.1 Å². The summed E-state index contributed by atoms with van der Waals surface area (Å²) in [6, 6.07) is 0. The van der Waals surface area contributed by atoms with E-state index in [0.717, 1.165) is 19.3 Å². The van der Waals surface area contributed by atoms with Crippen LogP contribution in [0.5, 0.6) is 0 Å². The van der Waals surface area contributed by atoms with Gasteiger partial charge in [0.2, 0.25) is 11.9 Å². The lowest BCUT2D eigenvalue weighted by Gasteiger charge is -2.37. The second kappa shape index (κ2) is 3.90. The Kier molecular flexibility index (Phi) is 2.59. The van der Waals surface area contributed by atoms with Crippen LogP contribution in [-0.4, -0.2) is 26.6 Å². The molecule has 15 heavy (non-hydrogen) atoms. The van der Waals surface area contributed by atoms with Crippen molar-refractivity contribution < 1.29 is 4.79 Å². The van der Waals surface area contributed by atoms with Crippen LogP contribution in [0.25, 0.3) is 0 Å². The van der Waals surface area contributed by atoms with Crippen molar-refractivity contribution >= 4 is 11.9 Å². The number of hydrogen-bond acceptors (Lipinski definition) is 5. The van der Waals surface area contributed by atoms with Crippen LogP contribution >= 0.6 is 0 Å². The smallest absolute Gasteiger partial charge is 0.249 e. The third-order valence-corrected chi connectivity index (χ3v) is 2.60. The molecule has 0 saturated heterocycles. The number of amides is 1. The van der Waals surface area contributed by atoms with Crippen LogP contribution in [0.4, 0.5) is 5.95 Å². The van der Waals surface area contributed by atoms with E-state index in [1.807, 2.05) is 0 Å². The number of aromatic nitrogens is 3. The minimum atomic E-state index is -0.313. The van der Waals surface area contributed by atoms with E-state index in [1.165, 1.54) is 12.4 Å². The molecular formula is C9H13N5O. The monoisotopic (exact) mass is 207 g/mol. The SMILES string of the molecule is NC1(CC(=O)Nc2nccnn2)CCC1. The Labute approximate surface area is 87.3 Å². The fraction of sp³-hybridized carbons (Fsp3) is 0.556. The Hall–Kier alpha value is -1.56. The van der Waals surface area contributed by atoms with Gasteiger partial charge in [0.1, 0.15) is 0 Å². The van der Waals surface area contributed by atoms with Gasteiger partial charge in [0, 0.05) is 12.0 Å². The summed E-state index contributed by atoms with van der Waals surface area (Å²) in [5.41, 5.74) is 5.63. The minimum absolute atomic E-state index is 0.148. The Morgan fingerprint density at radius 2 is 2.33 bits per heavy atom. The van der Waals surface area contributed by atoms with E-state index in [0.29, 0.717) is 6.42 Å². The van der Waals surface area contributed by atoms with E-state index < -0.39 is 0 Å². The summed E-state index contributed by atoms with van der Waals surface area (Å²) >= 11 is 0. The zero-order chi connectivity index (χ0) is 10.7. The Morgan fingerprint density at radius 1 is 1.53 bits per heavy atom. The van der Waals surface area contributed by atoms with Crippen molar-refractivity contribution in [1.82, 2.24) is 15.2 Å². The molecule has 3 N–H and O–H groups in total. The maximum Gasteiger partial charge on any atom is 0.249 e. The lowest BCUT2D eigenvalue weighted by molar-refractivity contribution is -0.118. The number of hydrogen-bond donors (Lipinski definition) is 2. The average molecular weight is 207 g/mol. The summed E-state index contributed by atoms with van der Waals surface area (Å²) in [5.74, 6) is 0.0793. The number of nitrogens with zero attached hydrogens (tertiary/aromatic N) is 3. The first-order chi connectivity index (χ1) is 7.18. The number of carbonyl (C=O) groups excluding carboxylic acids is 1. The Balaban J connectivity index is 1.87. The molecule has 1 aromatic heterocycles. The number of rotatable bonds is 3. The standard InChI is InChI=1S/C9H13N5O/c10-9(2-1-3-9)6-7(15)13-8-11-4-5-12-14-8/h4-5H,1-3,6,10H2,(H,11,13,14,15). The normalized spacial score (nSPS) is 17.9. The van der Waals surface area contributed by atoms with Crippen molar-refractivity contribution in [2.24, 2.45) is 5.73 Å². The van der Waals surface area contributed by atoms with E-state index in [4.69, 9.17) is 5.73 Å². The van der Waals surface area contributed by atoms with Gasteiger partial charge in [0.05, 0.1) is 12.4 Å². The molecule has 1 heterocycles. The van der Waals surface area contributed by atoms with Gasteiger partial charge >= 0.3 is 0 Å². The number of anilines is 1. The molecule has 0 spiro atoms. The molecule has 2 rings (SSSR count). The molecule has 0 aromatic carbocycles. The first-order valence-corrected chi connectivity index (χ1v) is 4.90. The molecule has 1 aromatic rings. The highest BCUT2D eigenvalue weighted by Crippen LogP contribution is 2.32. The van der Waals surface area contributed by atoms with Crippen LogP contribution in [0.3, 0.4) is 0 Å². The molecule has 6 nitrogen and oxygen atoms in total. The lowest BCUT2D eigenvalue weighted by atomic mass is 9.75. The van der Waals surface area contributed by atoms with Crippen LogP contribution in [0.2, 0.25) is 0 Å². The average Bonchev–Trinajstić information content (AvgIpc) is 2.16. The number of nitrogens with two attached hydrogens (primary N) is 1. The van der Waals surface area contributed by atoms with Crippen LogP contribution in [0.1, 0.15) is 25.7 Å². The van der Waals surface area contributed by atoms with Gasteiger partial charge in [0.25, 0.3) is 0 Å². The second-order valence-electron chi connectivity index (χ2n) is 3.91. The van der Waals surface area contributed by atoms with Crippen molar-refractivity contribution in [3.8, 4) is 0 Å². The third-order valence-electron chi connectivity index (χ3n) is 2.60. The molecule has 0 atom stereocenters. The number of nitrogens with one attached hydrogen (secondary N) is 1. The zero-order valence-electron chi connectivity index (χ0n) is 8.31. The maximum atomic E-state index is 11.5. The van der Waals surface area contributed by atoms with Crippen molar-refractivity contribution in [3.05, 3.63) is 12.4 Å². The topological polar surface area (TPSA) is 93.8 Å².